The number of carbonyl (C=O) groups is 1. The van der Waals surface area contributed by atoms with E-state index in [1.807, 2.05) is 63.4 Å². The maximum absolute atomic E-state index is 12.3. The number of ether oxygens (including phenoxy) is 2. The van der Waals surface area contributed by atoms with Crippen molar-refractivity contribution in [2.45, 2.75) is 33.5 Å². The largest absolute Gasteiger partial charge is 0.462 e. The number of hydrogen-bond donors (Lipinski definition) is 0. The predicted octanol–water partition coefficient (Wildman–Crippen LogP) is 4.10. The Balaban J connectivity index is 1.94. The van der Waals surface area contributed by atoms with Gasteiger partial charge >= 0.3 is 5.97 Å². The van der Waals surface area contributed by atoms with Crippen LogP contribution in [0, 0.1) is 6.92 Å². The summed E-state index contributed by atoms with van der Waals surface area (Å²) in [7, 11) is 0. The highest BCUT2D eigenvalue weighted by atomic mass is 16.5. The topological polar surface area (TPSA) is 52.8 Å². The Kier molecular flexibility index (Phi) is 5.14. The maximum atomic E-state index is 12.3. The van der Waals surface area contributed by atoms with Crippen molar-refractivity contribution < 1.29 is 14.3 Å². The lowest BCUT2D eigenvalue weighted by molar-refractivity contribution is 0.0458. The van der Waals surface area contributed by atoms with E-state index in [4.69, 9.17) is 9.47 Å². The molecular formula is C20H22N2O3. The highest BCUT2D eigenvalue weighted by Gasteiger charge is 2.20. The molecule has 1 atom stereocenters. The monoisotopic (exact) mass is 338 g/mol. The molecule has 3 aromatic rings. The summed E-state index contributed by atoms with van der Waals surface area (Å²) >= 11 is 0. The van der Waals surface area contributed by atoms with Crippen LogP contribution in [0.15, 0.2) is 48.8 Å². The van der Waals surface area contributed by atoms with Crippen molar-refractivity contribution in [1.82, 2.24) is 9.38 Å². The summed E-state index contributed by atoms with van der Waals surface area (Å²) in [6, 6.07) is 11.5. The number of esters is 1. The third-order valence-corrected chi connectivity index (χ3v) is 4.21. The van der Waals surface area contributed by atoms with Gasteiger partial charge in [0.1, 0.15) is 0 Å². The molecule has 0 aliphatic carbocycles. The number of nitrogens with zero attached hydrogens (tertiary/aromatic N) is 2. The summed E-state index contributed by atoms with van der Waals surface area (Å²) in [5, 5.41) is 0. The lowest BCUT2D eigenvalue weighted by Gasteiger charge is -2.20. The predicted molar refractivity (Wildman–Crippen MR) is 95.5 cm³/mol. The highest BCUT2D eigenvalue weighted by Crippen LogP contribution is 2.27. The fourth-order valence-corrected chi connectivity index (χ4v) is 3.00. The average Bonchev–Trinajstić information content (AvgIpc) is 3.08. The minimum absolute atomic E-state index is 0.203. The van der Waals surface area contributed by atoms with Crippen molar-refractivity contribution in [2.24, 2.45) is 0 Å². The van der Waals surface area contributed by atoms with Crippen LogP contribution in [0.3, 0.4) is 0 Å². The van der Waals surface area contributed by atoms with Gasteiger partial charge in [-0.15, -0.1) is 0 Å². The van der Waals surface area contributed by atoms with Gasteiger partial charge < -0.3 is 13.9 Å². The smallest absolute Gasteiger partial charge is 0.338 e. The first-order valence-electron chi connectivity index (χ1n) is 8.41. The number of fused-ring (bicyclic) bond motifs is 1. The number of rotatable bonds is 6. The molecule has 0 aromatic carbocycles. The summed E-state index contributed by atoms with van der Waals surface area (Å²) in [6.45, 7) is 6.49. The van der Waals surface area contributed by atoms with Crippen molar-refractivity contribution in [2.75, 3.05) is 6.61 Å². The molecule has 3 rings (SSSR count). The van der Waals surface area contributed by atoms with Crippen LogP contribution >= 0.6 is 0 Å². The molecule has 0 aliphatic heterocycles. The van der Waals surface area contributed by atoms with Crippen molar-refractivity contribution in [3.05, 3.63) is 71.3 Å². The second-order valence-corrected chi connectivity index (χ2v) is 5.87. The molecule has 0 saturated heterocycles. The van der Waals surface area contributed by atoms with E-state index in [0.717, 1.165) is 22.5 Å². The number of carbonyl (C=O) groups excluding carboxylic acids is 1. The molecule has 25 heavy (non-hydrogen) atoms. The third-order valence-electron chi connectivity index (χ3n) is 4.21. The van der Waals surface area contributed by atoms with Crippen LogP contribution in [-0.2, 0) is 16.1 Å². The molecule has 0 spiro atoms. The molecule has 5 heteroatoms. The second-order valence-electron chi connectivity index (χ2n) is 5.87. The van der Waals surface area contributed by atoms with E-state index < -0.39 is 0 Å². The SMILES string of the molecule is CCOC(=O)c1cc2cccn2c(C(C)OCc2ccccn2)c1C. The van der Waals surface area contributed by atoms with Crippen LogP contribution in [0.1, 0.15) is 47.3 Å². The molecule has 1 unspecified atom stereocenters. The normalized spacial score (nSPS) is 12.3. The molecular weight excluding hydrogens is 316 g/mol. The van der Waals surface area contributed by atoms with Crippen LogP contribution in [-0.4, -0.2) is 22.0 Å². The maximum Gasteiger partial charge on any atom is 0.338 e. The second kappa shape index (κ2) is 7.49. The molecule has 0 amide bonds. The van der Waals surface area contributed by atoms with Gasteiger partial charge in [0.05, 0.1) is 36.3 Å². The van der Waals surface area contributed by atoms with Gasteiger partial charge in [0.25, 0.3) is 0 Å². The first-order chi connectivity index (χ1) is 12.1. The zero-order chi connectivity index (χ0) is 17.8. The van der Waals surface area contributed by atoms with Crippen molar-refractivity contribution in [3.8, 4) is 0 Å². The molecule has 0 radical (unpaired) electrons. The van der Waals surface area contributed by atoms with E-state index in [1.165, 1.54) is 0 Å². The average molecular weight is 338 g/mol. The van der Waals surface area contributed by atoms with Crippen molar-refractivity contribution in [3.63, 3.8) is 0 Å². The zero-order valence-electron chi connectivity index (χ0n) is 14.7. The molecule has 0 saturated carbocycles. The van der Waals surface area contributed by atoms with E-state index in [9.17, 15) is 4.79 Å². The molecule has 0 fully saturated rings. The van der Waals surface area contributed by atoms with E-state index in [-0.39, 0.29) is 12.1 Å². The Labute approximate surface area is 147 Å². The van der Waals surface area contributed by atoms with Gasteiger partial charge in [-0.2, -0.15) is 0 Å². The summed E-state index contributed by atoms with van der Waals surface area (Å²) in [5.41, 5.74) is 4.21. The quantitative estimate of drug-likeness (QED) is 0.635. The minimum atomic E-state index is -0.304. The fraction of sp³-hybridized carbons (Fsp3) is 0.300. The summed E-state index contributed by atoms with van der Waals surface area (Å²) in [5.74, 6) is -0.304. The van der Waals surface area contributed by atoms with Gasteiger partial charge in [0, 0.05) is 17.9 Å². The van der Waals surface area contributed by atoms with E-state index >= 15 is 0 Å². The lowest BCUT2D eigenvalue weighted by Crippen LogP contribution is -2.14. The number of hydrogen-bond acceptors (Lipinski definition) is 4. The van der Waals surface area contributed by atoms with Gasteiger partial charge in [-0.05, 0) is 56.7 Å². The van der Waals surface area contributed by atoms with Gasteiger partial charge in [-0.3, -0.25) is 4.98 Å². The van der Waals surface area contributed by atoms with Crippen LogP contribution < -0.4 is 0 Å². The molecule has 5 nitrogen and oxygen atoms in total. The van der Waals surface area contributed by atoms with E-state index in [1.54, 1.807) is 6.20 Å². The summed E-state index contributed by atoms with van der Waals surface area (Å²) in [6.07, 6.45) is 3.53. The van der Waals surface area contributed by atoms with E-state index in [0.29, 0.717) is 18.8 Å². The molecule has 0 aliphatic rings. The summed E-state index contributed by atoms with van der Waals surface area (Å²) in [4.78, 5) is 16.6. The first kappa shape index (κ1) is 17.2. The standard InChI is InChI=1S/C20H22N2O3/c1-4-24-20(23)18-12-17-9-7-11-22(17)19(14(18)2)15(3)25-13-16-8-5-6-10-21-16/h5-12,15H,4,13H2,1-3H3. The Morgan fingerprint density at radius 3 is 2.84 bits per heavy atom. The highest BCUT2D eigenvalue weighted by molar-refractivity contribution is 5.92. The Morgan fingerprint density at radius 2 is 2.12 bits per heavy atom. The van der Waals surface area contributed by atoms with Crippen molar-refractivity contribution in [1.29, 1.82) is 0 Å². The van der Waals surface area contributed by atoms with Gasteiger partial charge in [-0.1, -0.05) is 6.07 Å². The van der Waals surface area contributed by atoms with Gasteiger partial charge in [0.2, 0.25) is 0 Å². The van der Waals surface area contributed by atoms with Gasteiger partial charge in [-0.25, -0.2) is 4.79 Å². The first-order valence-corrected chi connectivity index (χ1v) is 8.41. The third kappa shape index (κ3) is 3.56. The minimum Gasteiger partial charge on any atom is -0.462 e. The van der Waals surface area contributed by atoms with Crippen LogP contribution in [0.25, 0.3) is 5.52 Å². The number of pyridine rings is 2. The molecule has 3 heterocycles. The molecule has 0 bridgehead atoms. The number of aromatic nitrogens is 2. The Bertz CT molecular complexity index is 871. The van der Waals surface area contributed by atoms with Gasteiger partial charge in [0.15, 0.2) is 0 Å². The van der Waals surface area contributed by atoms with E-state index in [2.05, 4.69) is 9.38 Å². The molecule has 0 N–H and O–H groups in total. The Hall–Kier alpha value is -2.66. The van der Waals surface area contributed by atoms with Crippen LogP contribution in [0.4, 0.5) is 0 Å². The van der Waals surface area contributed by atoms with Crippen LogP contribution in [0.2, 0.25) is 0 Å². The fourth-order valence-electron chi connectivity index (χ4n) is 3.00. The lowest BCUT2D eigenvalue weighted by atomic mass is 10.0. The molecule has 130 valence electrons. The zero-order valence-corrected chi connectivity index (χ0v) is 14.7. The van der Waals surface area contributed by atoms with Crippen LogP contribution in [0.5, 0.6) is 0 Å². The Morgan fingerprint density at radius 1 is 1.28 bits per heavy atom. The van der Waals surface area contributed by atoms with Crippen molar-refractivity contribution >= 4 is 11.5 Å². The molecule has 3 aromatic heterocycles. The summed E-state index contributed by atoms with van der Waals surface area (Å²) < 4.78 is 13.3.